The van der Waals surface area contributed by atoms with Gasteiger partial charge in [-0.2, -0.15) is 0 Å². The minimum absolute atomic E-state index is 0.404. The number of alkyl halides is 1. The summed E-state index contributed by atoms with van der Waals surface area (Å²) in [6, 6.07) is 0. The van der Waals surface area contributed by atoms with Crippen molar-refractivity contribution in [1.29, 1.82) is 0 Å². The summed E-state index contributed by atoms with van der Waals surface area (Å²) in [5.41, 5.74) is 0. The smallest absolute Gasteiger partial charge is 0.0354 e. The first kappa shape index (κ1) is 12.5. The normalized spacial score (nSPS) is 15.0. The van der Waals surface area contributed by atoms with Gasteiger partial charge in [-0.05, 0) is 11.5 Å². The van der Waals surface area contributed by atoms with Crippen molar-refractivity contribution in [3.63, 3.8) is 0 Å². The van der Waals surface area contributed by atoms with Crippen molar-refractivity contribution in [2.24, 2.45) is 0 Å². The van der Waals surface area contributed by atoms with E-state index in [4.69, 9.17) is 11.6 Å². The van der Waals surface area contributed by atoms with Crippen LogP contribution < -0.4 is 0 Å². The zero-order valence-corrected chi connectivity index (χ0v) is 11.7. The second-order valence-electron chi connectivity index (χ2n) is 4.68. The molecule has 0 spiro atoms. The lowest BCUT2D eigenvalue weighted by Gasteiger charge is -2.24. The monoisotopic (exact) mass is 206 g/mol. The predicted octanol–water partition coefficient (Wildman–Crippen LogP) is 3.13. The van der Waals surface area contributed by atoms with Crippen molar-refractivity contribution in [2.75, 3.05) is 0 Å². The van der Waals surface area contributed by atoms with Gasteiger partial charge >= 0.3 is 0 Å². The summed E-state index contributed by atoms with van der Waals surface area (Å²) in [5.74, 6) is 0. The van der Waals surface area contributed by atoms with Crippen LogP contribution in [0.2, 0.25) is 5.04 Å². The lowest BCUT2D eigenvalue weighted by molar-refractivity contribution is 0.542. The van der Waals surface area contributed by atoms with Crippen LogP contribution in [-0.2, 0) is 0 Å². The summed E-state index contributed by atoms with van der Waals surface area (Å²) in [4.78, 5) is 0. The first-order chi connectivity index (χ1) is 5.48. The Labute approximate surface area is 85.5 Å². The molecule has 0 fully saturated rings. The lowest BCUT2D eigenvalue weighted by atomic mass is 10.0. The summed E-state index contributed by atoms with van der Waals surface area (Å²) in [7, 11) is 1.20. The Morgan fingerprint density at radius 3 is 2.25 bits per heavy atom. The van der Waals surface area contributed by atoms with Crippen LogP contribution in [-0.4, -0.2) is 15.6 Å². The zero-order valence-electron chi connectivity index (χ0n) is 8.99. The van der Waals surface area contributed by atoms with E-state index < -0.39 is 0 Å². The van der Waals surface area contributed by atoms with E-state index in [2.05, 4.69) is 20.8 Å². The molecule has 1 atom stereocenters. The Bertz CT molecular complexity index is 107. The Hall–Kier alpha value is 0.507. The van der Waals surface area contributed by atoms with Gasteiger partial charge < -0.3 is 0 Å². The van der Waals surface area contributed by atoms with Crippen molar-refractivity contribution in [3.8, 4) is 0 Å². The molecule has 0 aliphatic heterocycles. The van der Waals surface area contributed by atoms with E-state index in [1.807, 2.05) is 0 Å². The molecule has 0 nitrogen and oxygen atoms in total. The molecule has 0 radical (unpaired) electrons. The Kier molecular flexibility index (Phi) is 6.29. The molecular formula is C10H23ClSi. The topological polar surface area (TPSA) is 0 Å². The third kappa shape index (κ3) is 6.07. The second-order valence-corrected chi connectivity index (χ2v) is 7.79. The van der Waals surface area contributed by atoms with Crippen LogP contribution in [0.3, 0.4) is 0 Å². The highest BCUT2D eigenvalue weighted by Gasteiger charge is 2.20. The van der Waals surface area contributed by atoms with Gasteiger partial charge in [0.15, 0.2) is 0 Å². The van der Waals surface area contributed by atoms with Gasteiger partial charge in [-0.1, -0.05) is 46.5 Å². The molecule has 74 valence electrons. The van der Waals surface area contributed by atoms with Crippen LogP contribution in [0, 0.1) is 0 Å². The van der Waals surface area contributed by atoms with Gasteiger partial charge in [0, 0.05) is 15.6 Å². The summed E-state index contributed by atoms with van der Waals surface area (Å²) >= 11 is 6.27. The van der Waals surface area contributed by atoms with Gasteiger partial charge in [0.1, 0.15) is 0 Å². The summed E-state index contributed by atoms with van der Waals surface area (Å²) < 4.78 is 0. The van der Waals surface area contributed by atoms with Gasteiger partial charge in [0.05, 0.1) is 0 Å². The van der Waals surface area contributed by atoms with Gasteiger partial charge in [-0.15, -0.1) is 11.6 Å². The largest absolute Gasteiger partial charge is 0.123 e. The molecule has 0 aromatic carbocycles. The zero-order chi connectivity index (χ0) is 9.61. The lowest BCUT2D eigenvalue weighted by Crippen LogP contribution is -2.17. The maximum absolute atomic E-state index is 6.27. The van der Waals surface area contributed by atoms with E-state index in [0.717, 1.165) is 0 Å². The van der Waals surface area contributed by atoms with Crippen LogP contribution in [0.15, 0.2) is 0 Å². The summed E-state index contributed by atoms with van der Waals surface area (Å²) in [6.45, 7) is 6.79. The third-order valence-corrected chi connectivity index (χ3v) is 4.19. The van der Waals surface area contributed by atoms with E-state index in [9.17, 15) is 0 Å². The average Bonchev–Trinajstić information content (AvgIpc) is 1.96. The molecule has 0 bridgehead atoms. The molecule has 0 aliphatic carbocycles. The molecule has 0 aromatic rings. The van der Waals surface area contributed by atoms with Crippen LogP contribution in [0.1, 0.15) is 52.9 Å². The van der Waals surface area contributed by atoms with Crippen molar-refractivity contribution in [1.82, 2.24) is 0 Å². The summed E-state index contributed by atoms with van der Waals surface area (Å²) in [5, 5.41) is 0.814. The maximum Gasteiger partial charge on any atom is 0.0354 e. The quantitative estimate of drug-likeness (QED) is 0.356. The SMILES string of the molecule is CCCCCCC(Cl)C(C)(C)[SiH3]. The van der Waals surface area contributed by atoms with Crippen LogP contribution in [0.25, 0.3) is 0 Å². The maximum atomic E-state index is 6.27. The molecule has 2 heteroatoms. The first-order valence-corrected chi connectivity index (χ1v) is 6.56. The third-order valence-electron chi connectivity index (χ3n) is 2.25. The van der Waals surface area contributed by atoms with Crippen LogP contribution >= 0.6 is 11.6 Å². The van der Waals surface area contributed by atoms with Gasteiger partial charge in [-0.25, -0.2) is 0 Å². The summed E-state index contributed by atoms with van der Waals surface area (Å²) in [6.07, 6.45) is 6.56. The van der Waals surface area contributed by atoms with Crippen molar-refractivity contribution < 1.29 is 0 Å². The van der Waals surface area contributed by atoms with Crippen molar-refractivity contribution in [3.05, 3.63) is 0 Å². The number of hydrogen-bond donors (Lipinski definition) is 0. The van der Waals surface area contributed by atoms with E-state index in [1.54, 1.807) is 0 Å². The molecule has 0 saturated carbocycles. The van der Waals surface area contributed by atoms with Gasteiger partial charge in [0.2, 0.25) is 0 Å². The number of rotatable bonds is 6. The number of hydrogen-bond acceptors (Lipinski definition) is 0. The molecule has 0 saturated heterocycles. The fourth-order valence-corrected chi connectivity index (χ4v) is 1.63. The Balaban J connectivity index is 3.38. The molecule has 0 amide bonds. The predicted molar refractivity (Wildman–Crippen MR) is 62.4 cm³/mol. The highest BCUT2D eigenvalue weighted by atomic mass is 35.5. The van der Waals surface area contributed by atoms with E-state index in [1.165, 1.54) is 42.3 Å². The second kappa shape index (κ2) is 6.04. The molecule has 0 aromatic heterocycles. The number of halogens is 1. The first-order valence-electron chi connectivity index (χ1n) is 5.12. The molecule has 0 heterocycles. The molecular weight excluding hydrogens is 184 g/mol. The standard InChI is InChI=1S/C10H23ClSi/c1-4-5-6-7-8-9(11)10(2,3)12/h9H,4-8H2,1-3,12H3. The number of unbranched alkanes of at least 4 members (excludes halogenated alkanes) is 3. The van der Waals surface area contributed by atoms with Crippen molar-refractivity contribution >= 4 is 21.8 Å². The Morgan fingerprint density at radius 1 is 1.25 bits per heavy atom. The van der Waals surface area contributed by atoms with E-state index >= 15 is 0 Å². The minimum atomic E-state index is 0.404. The minimum Gasteiger partial charge on any atom is -0.123 e. The highest BCUT2D eigenvalue weighted by Crippen LogP contribution is 2.32. The fourth-order valence-electron chi connectivity index (χ4n) is 1.18. The highest BCUT2D eigenvalue weighted by molar-refractivity contribution is 6.28. The molecule has 0 N–H and O–H groups in total. The van der Waals surface area contributed by atoms with E-state index in [0.29, 0.717) is 10.4 Å². The van der Waals surface area contributed by atoms with Gasteiger partial charge in [0.25, 0.3) is 0 Å². The average molecular weight is 207 g/mol. The van der Waals surface area contributed by atoms with E-state index in [-0.39, 0.29) is 0 Å². The molecule has 12 heavy (non-hydrogen) atoms. The van der Waals surface area contributed by atoms with Crippen LogP contribution in [0.4, 0.5) is 0 Å². The Morgan fingerprint density at radius 2 is 1.83 bits per heavy atom. The van der Waals surface area contributed by atoms with Gasteiger partial charge in [-0.3, -0.25) is 0 Å². The van der Waals surface area contributed by atoms with Crippen molar-refractivity contribution in [2.45, 2.75) is 63.3 Å². The molecule has 0 rings (SSSR count). The fraction of sp³-hybridized carbons (Fsp3) is 1.00. The molecule has 0 aliphatic rings. The van der Waals surface area contributed by atoms with Crippen LogP contribution in [0.5, 0.6) is 0 Å². The molecule has 1 unspecified atom stereocenters.